The third-order valence-electron chi connectivity index (χ3n) is 2.97. The molecule has 0 aliphatic carbocycles. The minimum atomic E-state index is -0.343. The molecular formula is C15H16BrFN2O. The molecule has 1 heterocycles. The maximum absolute atomic E-state index is 14.2. The number of pyridine rings is 1. The Morgan fingerprint density at radius 2 is 2.20 bits per heavy atom. The minimum absolute atomic E-state index is 0.280. The molecule has 0 saturated carbocycles. The third-order valence-corrected chi connectivity index (χ3v) is 3.47. The third kappa shape index (κ3) is 3.16. The molecule has 0 amide bonds. The summed E-state index contributed by atoms with van der Waals surface area (Å²) in [7, 11) is 1.58. The largest absolute Gasteiger partial charge is 0.495 e. The van der Waals surface area contributed by atoms with E-state index in [1.165, 1.54) is 6.07 Å². The summed E-state index contributed by atoms with van der Waals surface area (Å²) in [5, 5.41) is 3.25. The molecule has 2 aromatic rings. The Hall–Kier alpha value is -1.46. The molecule has 5 heteroatoms. The first kappa shape index (κ1) is 14.9. The maximum Gasteiger partial charge on any atom is 0.142 e. The lowest BCUT2D eigenvalue weighted by atomic mass is 10.0. The van der Waals surface area contributed by atoms with Gasteiger partial charge in [-0.1, -0.05) is 28.9 Å². The average Bonchev–Trinajstić information content (AvgIpc) is 2.45. The fourth-order valence-corrected chi connectivity index (χ4v) is 2.42. The summed E-state index contributed by atoms with van der Waals surface area (Å²) in [5.41, 5.74) is 1.23. The van der Waals surface area contributed by atoms with Crippen molar-refractivity contribution >= 4 is 15.9 Å². The van der Waals surface area contributed by atoms with Gasteiger partial charge in [-0.3, -0.25) is 4.98 Å². The molecule has 1 aromatic heterocycles. The Labute approximate surface area is 126 Å². The molecule has 1 atom stereocenters. The molecule has 106 valence electrons. The zero-order chi connectivity index (χ0) is 14.5. The molecule has 2 rings (SSSR count). The number of hydrogen-bond donors (Lipinski definition) is 1. The van der Waals surface area contributed by atoms with Crippen LogP contribution in [0.3, 0.4) is 0 Å². The zero-order valence-corrected chi connectivity index (χ0v) is 12.9. The van der Waals surface area contributed by atoms with Gasteiger partial charge in [0.15, 0.2) is 0 Å². The topological polar surface area (TPSA) is 34.2 Å². The Morgan fingerprint density at radius 1 is 1.40 bits per heavy atom. The highest BCUT2D eigenvalue weighted by Gasteiger charge is 2.21. The van der Waals surface area contributed by atoms with E-state index in [4.69, 9.17) is 4.74 Å². The Balaban J connectivity index is 2.50. The number of hydrogen-bond acceptors (Lipinski definition) is 3. The standard InChI is InChI=1S/C15H16BrFN2O/c1-3-18-14(11-7-6-10(16)9-12(11)17)15-13(20-2)5-4-8-19-15/h4-9,14,18H,3H2,1-2H3. The predicted molar refractivity (Wildman–Crippen MR) is 80.4 cm³/mol. The molecule has 1 aromatic carbocycles. The molecule has 0 bridgehead atoms. The predicted octanol–water partition coefficient (Wildman–Crippen LogP) is 3.69. The lowest BCUT2D eigenvalue weighted by Crippen LogP contribution is -2.24. The summed E-state index contributed by atoms with van der Waals surface area (Å²) >= 11 is 3.27. The van der Waals surface area contributed by atoms with Gasteiger partial charge in [-0.2, -0.15) is 0 Å². The van der Waals surface area contributed by atoms with Crippen molar-refractivity contribution in [2.45, 2.75) is 13.0 Å². The maximum atomic E-state index is 14.2. The van der Waals surface area contributed by atoms with Crippen molar-refractivity contribution in [1.82, 2.24) is 10.3 Å². The van der Waals surface area contributed by atoms with Crippen molar-refractivity contribution in [1.29, 1.82) is 0 Å². The normalized spacial score (nSPS) is 12.2. The molecule has 0 aliphatic heterocycles. The highest BCUT2D eigenvalue weighted by molar-refractivity contribution is 9.10. The number of rotatable bonds is 5. The first-order chi connectivity index (χ1) is 9.67. The number of benzene rings is 1. The molecule has 20 heavy (non-hydrogen) atoms. The van der Waals surface area contributed by atoms with E-state index in [1.54, 1.807) is 25.4 Å². The molecule has 3 nitrogen and oxygen atoms in total. The van der Waals surface area contributed by atoms with Crippen LogP contribution in [0.25, 0.3) is 0 Å². The van der Waals surface area contributed by atoms with Crippen LogP contribution in [-0.4, -0.2) is 18.6 Å². The van der Waals surface area contributed by atoms with E-state index >= 15 is 0 Å². The second-order valence-corrected chi connectivity index (χ2v) is 5.16. The molecule has 0 aliphatic rings. The quantitative estimate of drug-likeness (QED) is 0.902. The van der Waals surface area contributed by atoms with Gasteiger partial charge in [-0.15, -0.1) is 0 Å². The highest BCUT2D eigenvalue weighted by Crippen LogP contribution is 2.30. The van der Waals surface area contributed by atoms with Crippen LogP contribution in [0.5, 0.6) is 5.75 Å². The van der Waals surface area contributed by atoms with E-state index in [0.29, 0.717) is 28.0 Å². The first-order valence-corrected chi connectivity index (χ1v) is 7.14. The monoisotopic (exact) mass is 338 g/mol. The van der Waals surface area contributed by atoms with Gasteiger partial charge in [-0.05, 0) is 30.8 Å². The number of aromatic nitrogens is 1. The second-order valence-electron chi connectivity index (χ2n) is 4.25. The van der Waals surface area contributed by atoms with E-state index in [0.717, 1.165) is 0 Å². The minimum Gasteiger partial charge on any atom is -0.495 e. The van der Waals surface area contributed by atoms with E-state index in [9.17, 15) is 4.39 Å². The van der Waals surface area contributed by atoms with E-state index in [-0.39, 0.29) is 11.9 Å². The van der Waals surface area contributed by atoms with Gasteiger partial charge in [-0.25, -0.2) is 4.39 Å². The van der Waals surface area contributed by atoms with E-state index in [1.807, 2.05) is 19.1 Å². The fourth-order valence-electron chi connectivity index (χ4n) is 2.09. The van der Waals surface area contributed by atoms with Gasteiger partial charge in [0.2, 0.25) is 0 Å². The average molecular weight is 339 g/mol. The van der Waals surface area contributed by atoms with Gasteiger partial charge in [0.1, 0.15) is 17.3 Å². The van der Waals surface area contributed by atoms with Gasteiger partial charge >= 0.3 is 0 Å². The summed E-state index contributed by atoms with van der Waals surface area (Å²) in [6.07, 6.45) is 1.68. The van der Waals surface area contributed by atoms with Crippen molar-refractivity contribution in [3.8, 4) is 5.75 Å². The van der Waals surface area contributed by atoms with Gasteiger partial charge in [0, 0.05) is 16.2 Å². The number of nitrogens with zero attached hydrogens (tertiary/aromatic N) is 1. The van der Waals surface area contributed by atoms with Crippen molar-refractivity contribution in [3.05, 3.63) is 58.1 Å². The van der Waals surface area contributed by atoms with Crippen molar-refractivity contribution in [3.63, 3.8) is 0 Å². The Bertz CT molecular complexity index is 592. The zero-order valence-electron chi connectivity index (χ0n) is 11.4. The number of nitrogens with one attached hydrogen (secondary N) is 1. The fraction of sp³-hybridized carbons (Fsp3) is 0.267. The van der Waals surface area contributed by atoms with Crippen LogP contribution < -0.4 is 10.1 Å². The van der Waals surface area contributed by atoms with Crippen LogP contribution in [0.4, 0.5) is 4.39 Å². The van der Waals surface area contributed by atoms with Crippen molar-refractivity contribution < 1.29 is 9.13 Å². The number of halogens is 2. The van der Waals surface area contributed by atoms with Gasteiger partial charge < -0.3 is 10.1 Å². The SMILES string of the molecule is CCNC(c1ccc(Br)cc1F)c1ncccc1OC. The lowest BCUT2D eigenvalue weighted by molar-refractivity contribution is 0.399. The van der Waals surface area contributed by atoms with Crippen LogP contribution in [0.2, 0.25) is 0 Å². The summed E-state index contributed by atoms with van der Waals surface area (Å²) in [4.78, 5) is 4.34. The van der Waals surface area contributed by atoms with E-state index in [2.05, 4.69) is 26.2 Å². The van der Waals surface area contributed by atoms with Crippen LogP contribution in [0.15, 0.2) is 41.0 Å². The van der Waals surface area contributed by atoms with Crippen LogP contribution >= 0.6 is 15.9 Å². The van der Waals surface area contributed by atoms with Crippen LogP contribution in [-0.2, 0) is 0 Å². The summed E-state index contributed by atoms with van der Waals surface area (Å²) in [6.45, 7) is 2.67. The first-order valence-electron chi connectivity index (χ1n) is 6.34. The molecule has 1 N–H and O–H groups in total. The van der Waals surface area contributed by atoms with E-state index < -0.39 is 0 Å². The van der Waals surface area contributed by atoms with Crippen molar-refractivity contribution in [2.24, 2.45) is 0 Å². The van der Waals surface area contributed by atoms with Crippen LogP contribution in [0, 0.1) is 5.82 Å². The molecular weight excluding hydrogens is 323 g/mol. The summed E-state index contributed by atoms with van der Waals surface area (Å²) < 4.78 is 20.2. The molecule has 0 radical (unpaired) electrons. The van der Waals surface area contributed by atoms with Gasteiger partial charge in [0.25, 0.3) is 0 Å². The summed E-state index contributed by atoms with van der Waals surface area (Å²) in [6, 6.07) is 8.30. The lowest BCUT2D eigenvalue weighted by Gasteiger charge is -2.20. The number of ether oxygens (including phenoxy) is 1. The van der Waals surface area contributed by atoms with Crippen LogP contribution in [0.1, 0.15) is 24.2 Å². The summed E-state index contributed by atoms with van der Waals surface area (Å²) in [5.74, 6) is 0.360. The van der Waals surface area contributed by atoms with Crippen molar-refractivity contribution in [2.75, 3.05) is 13.7 Å². The second kappa shape index (κ2) is 6.81. The van der Waals surface area contributed by atoms with Gasteiger partial charge in [0.05, 0.1) is 13.2 Å². The Morgan fingerprint density at radius 3 is 2.85 bits per heavy atom. The Kier molecular flexibility index (Phi) is 5.09. The smallest absolute Gasteiger partial charge is 0.142 e. The number of methoxy groups -OCH3 is 1. The highest BCUT2D eigenvalue weighted by atomic mass is 79.9. The molecule has 0 spiro atoms. The molecule has 0 saturated heterocycles. The molecule has 1 unspecified atom stereocenters. The molecule has 0 fully saturated rings.